The van der Waals surface area contributed by atoms with E-state index in [9.17, 15) is 0 Å². The van der Waals surface area contributed by atoms with Crippen LogP contribution in [-0.4, -0.2) is 20.7 Å². The zero-order chi connectivity index (χ0) is 33.9. The molecule has 8 rings (SSSR count). The van der Waals surface area contributed by atoms with Crippen molar-refractivity contribution in [3.05, 3.63) is 192 Å². The topological polar surface area (TPSA) is 74.6 Å². The van der Waals surface area contributed by atoms with Gasteiger partial charge in [-0.05, 0) is 52.5 Å². The van der Waals surface area contributed by atoms with Crippen LogP contribution in [0.25, 0.3) is 62.8 Å². The SMILES string of the molecule is C/C(C(=N)c1ccccc1)=C1/NC(c2ccccc2)=Cc2cc(-c3ccc(-c4nc(-c5ccccc5)nc(-c5ccccc5)n4)cc3)ccc21. The minimum atomic E-state index is 0.497. The van der Waals surface area contributed by atoms with E-state index in [1.807, 2.05) is 116 Å². The van der Waals surface area contributed by atoms with Crippen molar-refractivity contribution in [3.8, 4) is 45.3 Å². The molecule has 0 saturated heterocycles. The Hall–Kier alpha value is -6.72. The quantitative estimate of drug-likeness (QED) is 0.170. The van der Waals surface area contributed by atoms with Crippen molar-refractivity contribution in [1.82, 2.24) is 20.3 Å². The summed E-state index contributed by atoms with van der Waals surface area (Å²) in [5.41, 5.74) is 12.4. The highest BCUT2D eigenvalue weighted by atomic mass is 15.0. The van der Waals surface area contributed by atoms with Crippen molar-refractivity contribution < 1.29 is 0 Å². The van der Waals surface area contributed by atoms with Crippen LogP contribution < -0.4 is 5.32 Å². The summed E-state index contributed by atoms with van der Waals surface area (Å²) in [7, 11) is 0. The molecule has 50 heavy (non-hydrogen) atoms. The molecule has 0 bridgehead atoms. The number of fused-ring (bicyclic) bond motifs is 1. The van der Waals surface area contributed by atoms with Gasteiger partial charge >= 0.3 is 0 Å². The first-order chi connectivity index (χ1) is 24.6. The fourth-order valence-corrected chi connectivity index (χ4v) is 6.25. The summed E-state index contributed by atoms with van der Waals surface area (Å²) >= 11 is 0. The molecule has 0 amide bonds. The molecule has 0 atom stereocenters. The number of nitrogens with one attached hydrogen (secondary N) is 2. The highest BCUT2D eigenvalue weighted by molar-refractivity contribution is 6.15. The predicted octanol–water partition coefficient (Wildman–Crippen LogP) is 10.4. The van der Waals surface area contributed by atoms with Crippen LogP contribution in [0.1, 0.15) is 29.2 Å². The third-order valence-electron chi connectivity index (χ3n) is 8.95. The number of hydrogen-bond acceptors (Lipinski definition) is 5. The van der Waals surface area contributed by atoms with Crippen molar-refractivity contribution in [2.45, 2.75) is 6.92 Å². The van der Waals surface area contributed by atoms with Crippen molar-refractivity contribution in [1.29, 1.82) is 5.41 Å². The summed E-state index contributed by atoms with van der Waals surface area (Å²) in [6.07, 6.45) is 2.20. The van der Waals surface area contributed by atoms with Crippen LogP contribution in [0.5, 0.6) is 0 Å². The van der Waals surface area contributed by atoms with Gasteiger partial charge in [-0.1, -0.05) is 158 Å². The summed E-state index contributed by atoms with van der Waals surface area (Å²) in [5.74, 6) is 1.91. The van der Waals surface area contributed by atoms with Gasteiger partial charge in [0.05, 0.1) is 11.4 Å². The van der Waals surface area contributed by atoms with Gasteiger partial charge in [-0.2, -0.15) is 0 Å². The maximum atomic E-state index is 9.04. The number of benzene rings is 6. The molecule has 6 aromatic carbocycles. The van der Waals surface area contributed by atoms with Gasteiger partial charge in [0, 0.05) is 28.0 Å². The van der Waals surface area contributed by atoms with E-state index < -0.39 is 0 Å². The number of hydrogen-bond donors (Lipinski definition) is 2. The molecule has 0 radical (unpaired) electrons. The lowest BCUT2D eigenvalue weighted by Gasteiger charge is -2.25. The summed E-state index contributed by atoms with van der Waals surface area (Å²) < 4.78 is 0. The second-order valence-corrected chi connectivity index (χ2v) is 12.2. The van der Waals surface area contributed by atoms with Gasteiger partial charge in [0.25, 0.3) is 0 Å². The van der Waals surface area contributed by atoms with Gasteiger partial charge in [0.15, 0.2) is 17.5 Å². The van der Waals surface area contributed by atoms with Gasteiger partial charge in [-0.15, -0.1) is 0 Å². The molecule has 1 aliphatic heterocycles. The van der Waals surface area contributed by atoms with E-state index in [0.717, 1.165) is 67.0 Å². The van der Waals surface area contributed by atoms with E-state index in [1.54, 1.807) is 0 Å². The van der Waals surface area contributed by atoms with Gasteiger partial charge in [0.1, 0.15) is 0 Å². The highest BCUT2D eigenvalue weighted by Crippen LogP contribution is 2.36. The molecule has 0 fully saturated rings. The monoisotopic (exact) mass is 643 g/mol. The summed E-state index contributed by atoms with van der Waals surface area (Å²) in [4.78, 5) is 14.6. The maximum absolute atomic E-state index is 9.04. The smallest absolute Gasteiger partial charge is 0.164 e. The van der Waals surface area contributed by atoms with Crippen LogP contribution in [0.2, 0.25) is 0 Å². The van der Waals surface area contributed by atoms with Crippen molar-refractivity contribution in [2.24, 2.45) is 0 Å². The molecule has 7 aromatic rings. The van der Waals surface area contributed by atoms with Crippen LogP contribution in [-0.2, 0) is 0 Å². The average molecular weight is 644 g/mol. The number of allylic oxidation sites excluding steroid dienone is 1. The Morgan fingerprint density at radius 1 is 0.480 bits per heavy atom. The molecular weight excluding hydrogens is 611 g/mol. The van der Waals surface area contributed by atoms with E-state index in [1.165, 1.54) is 0 Å². The van der Waals surface area contributed by atoms with Gasteiger partial charge < -0.3 is 5.32 Å². The fourth-order valence-electron chi connectivity index (χ4n) is 6.25. The zero-order valence-electron chi connectivity index (χ0n) is 27.5. The molecule has 1 aliphatic rings. The van der Waals surface area contributed by atoms with Crippen molar-refractivity contribution in [2.75, 3.05) is 0 Å². The Kier molecular flexibility index (Phi) is 8.21. The lowest BCUT2D eigenvalue weighted by Crippen LogP contribution is -2.19. The van der Waals surface area contributed by atoms with E-state index in [0.29, 0.717) is 23.2 Å². The second kappa shape index (κ2) is 13.4. The molecule has 0 unspecified atom stereocenters. The molecule has 5 heteroatoms. The molecule has 238 valence electrons. The largest absolute Gasteiger partial charge is 0.354 e. The van der Waals surface area contributed by atoms with Gasteiger partial charge in [-0.3, -0.25) is 5.41 Å². The summed E-state index contributed by atoms with van der Waals surface area (Å²) in [5, 5.41) is 12.7. The summed E-state index contributed by atoms with van der Waals surface area (Å²) in [6.45, 7) is 2.02. The minimum absolute atomic E-state index is 0.497. The normalized spacial score (nSPS) is 13.1. The lowest BCUT2D eigenvalue weighted by molar-refractivity contribution is 1.07. The summed E-state index contributed by atoms with van der Waals surface area (Å²) in [6, 6.07) is 55.2. The molecule has 0 spiro atoms. The first-order valence-electron chi connectivity index (χ1n) is 16.6. The molecule has 0 saturated carbocycles. The lowest BCUT2D eigenvalue weighted by atomic mass is 9.90. The van der Waals surface area contributed by atoms with Crippen LogP contribution in [0.3, 0.4) is 0 Å². The standard InChI is InChI=1S/C45H33N5/c1-30(41(46)33-16-8-3-9-17-33)42-39-27-26-37(28-38(39)29-40(47-42)32-14-6-2-7-15-32)31-22-24-36(25-23-31)45-49-43(34-18-10-4-11-19-34)48-44(50-45)35-20-12-5-13-21-35/h2-29,46-47H,1H3/b42-30-,46-41?. The fraction of sp³-hybridized carbons (Fsp3) is 0.0222. The average Bonchev–Trinajstić information content (AvgIpc) is 3.21. The third kappa shape index (κ3) is 6.16. The maximum Gasteiger partial charge on any atom is 0.164 e. The van der Waals surface area contributed by atoms with E-state index >= 15 is 0 Å². The number of rotatable bonds is 7. The van der Waals surface area contributed by atoms with Gasteiger partial charge in [0.2, 0.25) is 0 Å². The first-order valence-corrected chi connectivity index (χ1v) is 16.6. The Balaban J connectivity index is 1.18. The second-order valence-electron chi connectivity index (χ2n) is 12.2. The van der Waals surface area contributed by atoms with Crippen molar-refractivity contribution in [3.63, 3.8) is 0 Å². The Morgan fingerprint density at radius 3 is 1.46 bits per heavy atom. The molecule has 2 heterocycles. The van der Waals surface area contributed by atoms with Crippen LogP contribution in [0, 0.1) is 5.41 Å². The molecule has 0 aliphatic carbocycles. The number of aromatic nitrogens is 3. The van der Waals surface area contributed by atoms with E-state index in [-0.39, 0.29) is 0 Å². The Morgan fingerprint density at radius 2 is 0.920 bits per heavy atom. The van der Waals surface area contributed by atoms with Crippen molar-refractivity contribution >= 4 is 23.2 Å². The molecule has 1 aromatic heterocycles. The molecule has 5 nitrogen and oxygen atoms in total. The Bertz CT molecular complexity index is 2320. The number of nitrogens with zero attached hydrogens (tertiary/aromatic N) is 3. The van der Waals surface area contributed by atoms with Gasteiger partial charge in [-0.25, -0.2) is 15.0 Å². The minimum Gasteiger partial charge on any atom is -0.354 e. The predicted molar refractivity (Wildman–Crippen MR) is 205 cm³/mol. The van der Waals surface area contributed by atoms with Crippen LogP contribution in [0.15, 0.2) is 169 Å². The highest BCUT2D eigenvalue weighted by Gasteiger charge is 2.21. The first kappa shape index (κ1) is 30.6. The van der Waals surface area contributed by atoms with E-state index in [2.05, 4.69) is 66.0 Å². The molecular formula is C45H33N5. The van der Waals surface area contributed by atoms with Crippen LogP contribution >= 0.6 is 0 Å². The van der Waals surface area contributed by atoms with Crippen LogP contribution in [0.4, 0.5) is 0 Å². The molecule has 2 N–H and O–H groups in total. The van der Waals surface area contributed by atoms with E-state index in [4.69, 9.17) is 20.4 Å². The zero-order valence-corrected chi connectivity index (χ0v) is 27.5. The third-order valence-corrected chi connectivity index (χ3v) is 8.95. The Labute approximate surface area is 291 Å².